The normalized spacial score (nSPS) is 17.2. The number of nitrogens with zero attached hydrogens (tertiary/aromatic N) is 6. The molecule has 1 N–H and O–H groups in total. The second-order valence-corrected chi connectivity index (χ2v) is 12.3. The van der Waals surface area contributed by atoms with Crippen molar-refractivity contribution in [3.63, 3.8) is 0 Å². The maximum absolute atomic E-state index is 13.2. The first-order valence-electron chi connectivity index (χ1n) is 15.3. The van der Waals surface area contributed by atoms with Crippen molar-refractivity contribution in [2.75, 3.05) is 31.1 Å². The van der Waals surface area contributed by atoms with Crippen LogP contribution in [0, 0.1) is 0 Å². The molecule has 9 heteroatoms. The Morgan fingerprint density at radius 2 is 1.66 bits per heavy atom. The van der Waals surface area contributed by atoms with Crippen molar-refractivity contribution in [3.05, 3.63) is 124 Å². The maximum Gasteiger partial charge on any atom is 0.253 e. The predicted octanol–water partition coefficient (Wildman–Crippen LogP) is 5.88. The fraction of sp³-hybridized carbons (Fsp3) is 0.314. The predicted molar refractivity (Wildman–Crippen MR) is 171 cm³/mol. The van der Waals surface area contributed by atoms with E-state index in [0.29, 0.717) is 48.9 Å². The van der Waals surface area contributed by atoms with Crippen LogP contribution in [-0.2, 0) is 12.0 Å². The van der Waals surface area contributed by atoms with Gasteiger partial charge in [-0.05, 0) is 85.3 Å². The van der Waals surface area contributed by atoms with E-state index in [1.165, 1.54) is 0 Å². The van der Waals surface area contributed by atoms with Gasteiger partial charge < -0.3 is 14.9 Å². The van der Waals surface area contributed by atoms with Crippen LogP contribution in [0.4, 0.5) is 5.69 Å². The Morgan fingerprint density at radius 1 is 0.909 bits per heavy atom. The molecule has 2 aliphatic rings. The monoisotopic (exact) mass is 606 g/mol. The number of likely N-dealkylation sites (tertiary alicyclic amines) is 1. The van der Waals surface area contributed by atoms with E-state index in [1.54, 1.807) is 0 Å². The van der Waals surface area contributed by atoms with Crippen molar-refractivity contribution in [1.82, 2.24) is 24.5 Å². The van der Waals surface area contributed by atoms with Crippen LogP contribution in [0.25, 0.3) is 5.65 Å². The molecule has 3 aromatic heterocycles. The number of anilines is 1. The van der Waals surface area contributed by atoms with E-state index in [9.17, 15) is 9.90 Å². The molecular formula is C35H35ClN6O2. The molecular weight excluding hydrogens is 572 g/mol. The summed E-state index contributed by atoms with van der Waals surface area (Å²) in [7, 11) is 0. The number of carbonyl (C=O) groups is 1. The van der Waals surface area contributed by atoms with E-state index in [4.69, 9.17) is 21.7 Å². The number of halogens is 1. The van der Waals surface area contributed by atoms with E-state index < -0.39 is 5.60 Å². The van der Waals surface area contributed by atoms with E-state index in [-0.39, 0.29) is 5.91 Å². The third-order valence-corrected chi connectivity index (χ3v) is 9.40. The molecule has 1 amide bonds. The van der Waals surface area contributed by atoms with Gasteiger partial charge >= 0.3 is 0 Å². The average Bonchev–Trinajstić information content (AvgIpc) is 3.49. The Hall–Kier alpha value is -4.27. The molecule has 44 heavy (non-hydrogen) atoms. The zero-order valence-corrected chi connectivity index (χ0v) is 25.3. The minimum atomic E-state index is -0.866. The second-order valence-electron chi connectivity index (χ2n) is 11.9. The molecule has 2 saturated heterocycles. The molecule has 2 aliphatic heterocycles. The lowest BCUT2D eigenvalue weighted by molar-refractivity contribution is 0.0118. The molecule has 0 aliphatic carbocycles. The summed E-state index contributed by atoms with van der Waals surface area (Å²) in [5, 5.41) is 16.7. The number of aromatic nitrogens is 4. The second kappa shape index (κ2) is 12.0. The van der Waals surface area contributed by atoms with Gasteiger partial charge in [0, 0.05) is 67.2 Å². The maximum atomic E-state index is 13.2. The summed E-state index contributed by atoms with van der Waals surface area (Å²) in [5.41, 5.74) is 4.74. The summed E-state index contributed by atoms with van der Waals surface area (Å²) in [5.74, 6) is 1.22. The van der Waals surface area contributed by atoms with Crippen LogP contribution in [0.15, 0.2) is 91.3 Å². The van der Waals surface area contributed by atoms with Gasteiger partial charge in [-0.3, -0.25) is 9.78 Å². The minimum absolute atomic E-state index is 0.0796. The van der Waals surface area contributed by atoms with E-state index >= 15 is 0 Å². The number of aliphatic hydroxyl groups is 1. The molecule has 224 valence electrons. The standard InChI is InChI=1S/C35H35ClN6O2/c36-29-12-10-28(11-13-29)35(44)16-22-40(23-17-35)31-5-3-19-42-33(31)38-32(39-42)24-25-6-8-27(9-7-25)34(43)41-20-14-26(15-21-41)30-4-1-2-18-37-30/h1-13,18-19,26,44H,14-17,20-24H2. The highest BCUT2D eigenvalue weighted by Gasteiger charge is 2.34. The average molecular weight is 607 g/mol. The third kappa shape index (κ3) is 5.79. The lowest BCUT2D eigenvalue weighted by Gasteiger charge is -2.39. The largest absolute Gasteiger partial charge is 0.385 e. The van der Waals surface area contributed by atoms with Gasteiger partial charge in [-0.1, -0.05) is 41.9 Å². The molecule has 0 bridgehead atoms. The molecule has 5 heterocycles. The zero-order chi connectivity index (χ0) is 30.1. The highest BCUT2D eigenvalue weighted by molar-refractivity contribution is 6.30. The van der Waals surface area contributed by atoms with Gasteiger partial charge in [0.05, 0.1) is 11.3 Å². The van der Waals surface area contributed by atoms with Gasteiger partial charge in [-0.25, -0.2) is 9.50 Å². The Kier molecular flexibility index (Phi) is 7.78. The Bertz CT molecular complexity index is 1740. The van der Waals surface area contributed by atoms with Gasteiger partial charge in [0.1, 0.15) is 0 Å². The van der Waals surface area contributed by atoms with Crippen molar-refractivity contribution in [2.24, 2.45) is 0 Å². The fourth-order valence-corrected chi connectivity index (χ4v) is 6.68. The Balaban J connectivity index is 0.989. The van der Waals surface area contributed by atoms with Gasteiger partial charge in [0.25, 0.3) is 5.91 Å². The fourth-order valence-electron chi connectivity index (χ4n) is 6.55. The van der Waals surface area contributed by atoms with Crippen molar-refractivity contribution in [3.8, 4) is 0 Å². The first kappa shape index (κ1) is 28.5. The van der Waals surface area contributed by atoms with Crippen LogP contribution >= 0.6 is 11.6 Å². The number of rotatable bonds is 6. The van der Waals surface area contributed by atoms with Crippen LogP contribution in [0.1, 0.15) is 64.6 Å². The topological polar surface area (TPSA) is 86.9 Å². The van der Waals surface area contributed by atoms with Crippen molar-refractivity contribution in [2.45, 2.75) is 43.6 Å². The number of carbonyl (C=O) groups excluding carboxylic acids is 1. The molecule has 7 rings (SSSR count). The summed E-state index contributed by atoms with van der Waals surface area (Å²) in [6.45, 7) is 2.90. The molecule has 0 spiro atoms. The molecule has 0 radical (unpaired) electrons. The molecule has 2 fully saturated rings. The van der Waals surface area contributed by atoms with Crippen molar-refractivity contribution >= 4 is 28.8 Å². The van der Waals surface area contributed by atoms with Gasteiger partial charge in [0.2, 0.25) is 0 Å². The van der Waals surface area contributed by atoms with E-state index in [2.05, 4.69) is 22.0 Å². The number of piperidine rings is 2. The summed E-state index contributed by atoms with van der Waals surface area (Å²) >= 11 is 6.05. The van der Waals surface area contributed by atoms with Gasteiger partial charge in [-0.15, -0.1) is 0 Å². The van der Waals surface area contributed by atoms with E-state index in [1.807, 2.05) is 88.5 Å². The SMILES string of the molecule is O=C(c1ccc(Cc2nc3c(N4CCC(O)(c5ccc(Cl)cc5)CC4)cccn3n2)cc1)N1CCC(c2ccccn2)CC1. The number of benzene rings is 2. The van der Waals surface area contributed by atoms with Crippen LogP contribution < -0.4 is 4.90 Å². The molecule has 8 nitrogen and oxygen atoms in total. The first-order valence-corrected chi connectivity index (χ1v) is 15.7. The number of fused-ring (bicyclic) bond motifs is 1. The lowest BCUT2D eigenvalue weighted by atomic mass is 9.84. The van der Waals surface area contributed by atoms with Crippen LogP contribution in [0.5, 0.6) is 0 Å². The summed E-state index contributed by atoms with van der Waals surface area (Å²) in [4.78, 5) is 26.8. The molecule has 2 aromatic carbocycles. The third-order valence-electron chi connectivity index (χ3n) is 9.15. The number of hydrogen-bond acceptors (Lipinski definition) is 6. The summed E-state index contributed by atoms with van der Waals surface area (Å²) in [6, 6.07) is 25.4. The number of amides is 1. The molecule has 5 aromatic rings. The van der Waals surface area contributed by atoms with Crippen molar-refractivity contribution < 1.29 is 9.90 Å². The van der Waals surface area contributed by atoms with Gasteiger partial charge in [0.15, 0.2) is 11.5 Å². The van der Waals surface area contributed by atoms with Crippen LogP contribution in [-0.4, -0.2) is 61.7 Å². The molecule has 0 unspecified atom stereocenters. The van der Waals surface area contributed by atoms with Crippen LogP contribution in [0.2, 0.25) is 5.02 Å². The first-order chi connectivity index (χ1) is 21.4. The highest BCUT2D eigenvalue weighted by Crippen LogP contribution is 2.36. The quantitative estimate of drug-likeness (QED) is 0.260. The Morgan fingerprint density at radius 3 is 2.36 bits per heavy atom. The summed E-state index contributed by atoms with van der Waals surface area (Å²) < 4.78 is 1.83. The Labute approximate surface area is 261 Å². The van der Waals surface area contributed by atoms with E-state index in [0.717, 1.165) is 59.9 Å². The zero-order valence-electron chi connectivity index (χ0n) is 24.5. The molecule has 0 atom stereocenters. The van der Waals surface area contributed by atoms with Crippen LogP contribution in [0.3, 0.4) is 0 Å². The molecule has 0 saturated carbocycles. The number of hydrogen-bond donors (Lipinski definition) is 1. The number of pyridine rings is 2. The summed E-state index contributed by atoms with van der Waals surface area (Å²) in [6.07, 6.45) is 7.43. The lowest BCUT2D eigenvalue weighted by Crippen LogP contribution is -2.42. The minimum Gasteiger partial charge on any atom is -0.385 e. The van der Waals surface area contributed by atoms with Crippen molar-refractivity contribution in [1.29, 1.82) is 0 Å². The highest BCUT2D eigenvalue weighted by atomic mass is 35.5. The smallest absolute Gasteiger partial charge is 0.253 e. The van der Waals surface area contributed by atoms with Gasteiger partial charge in [-0.2, -0.15) is 5.10 Å².